The van der Waals surface area contributed by atoms with E-state index in [0.29, 0.717) is 15.9 Å². The smallest absolute Gasteiger partial charge is 0.128 e. The lowest BCUT2D eigenvalue weighted by atomic mass is 9.92. The van der Waals surface area contributed by atoms with Crippen molar-refractivity contribution >= 4 is 23.0 Å². The fraction of sp³-hybridized carbons (Fsp3) is 0.208. The average molecular weight is 405 g/mol. The van der Waals surface area contributed by atoms with E-state index in [1.165, 1.54) is 17.0 Å². The summed E-state index contributed by atoms with van der Waals surface area (Å²) < 4.78 is 0.577. The number of hydrogen-bond donors (Lipinski definition) is 4. The highest BCUT2D eigenvalue weighted by Crippen LogP contribution is 2.42. The Labute approximate surface area is 174 Å². The summed E-state index contributed by atoms with van der Waals surface area (Å²) in [4.78, 5) is 0. The van der Waals surface area contributed by atoms with E-state index in [0.717, 1.165) is 28.5 Å². The number of aryl methyl sites for hydroxylation is 1. The SMILES string of the molecule is CCc1cccc2c(-c3c(-c4cc(C(C)C)c(O)cc4O)[nH][nH]c3=S)cccc12. The highest BCUT2D eigenvalue weighted by atomic mass is 32.1. The van der Waals surface area contributed by atoms with E-state index in [4.69, 9.17) is 12.2 Å². The summed E-state index contributed by atoms with van der Waals surface area (Å²) in [5.74, 6) is 0.215. The van der Waals surface area contributed by atoms with Gasteiger partial charge in [-0.1, -0.05) is 69.4 Å². The number of aromatic amines is 2. The third-order valence-corrected chi connectivity index (χ3v) is 5.78. The molecule has 0 saturated carbocycles. The largest absolute Gasteiger partial charge is 0.508 e. The van der Waals surface area contributed by atoms with Gasteiger partial charge in [-0.15, -0.1) is 0 Å². The average Bonchev–Trinajstić information content (AvgIpc) is 3.07. The number of benzene rings is 3. The molecule has 3 aromatic carbocycles. The molecule has 0 bridgehead atoms. The van der Waals surface area contributed by atoms with Crippen LogP contribution in [0.3, 0.4) is 0 Å². The quantitative estimate of drug-likeness (QED) is 0.288. The molecule has 29 heavy (non-hydrogen) atoms. The maximum atomic E-state index is 10.6. The Morgan fingerprint density at radius 3 is 2.34 bits per heavy atom. The topological polar surface area (TPSA) is 72.0 Å². The molecule has 1 heterocycles. The zero-order chi connectivity index (χ0) is 20.7. The van der Waals surface area contributed by atoms with Gasteiger partial charge in [-0.3, -0.25) is 10.2 Å². The van der Waals surface area contributed by atoms with Crippen molar-refractivity contribution in [3.05, 3.63) is 64.3 Å². The van der Waals surface area contributed by atoms with Gasteiger partial charge in [0.2, 0.25) is 0 Å². The van der Waals surface area contributed by atoms with Crippen molar-refractivity contribution in [3.8, 4) is 33.9 Å². The van der Waals surface area contributed by atoms with Crippen LogP contribution in [0.2, 0.25) is 0 Å². The van der Waals surface area contributed by atoms with Crippen LogP contribution in [0.25, 0.3) is 33.2 Å². The molecule has 4 N–H and O–H groups in total. The number of nitrogens with one attached hydrogen (secondary N) is 2. The van der Waals surface area contributed by atoms with Gasteiger partial charge < -0.3 is 10.2 Å². The van der Waals surface area contributed by atoms with Gasteiger partial charge >= 0.3 is 0 Å². The second-order valence-electron chi connectivity index (χ2n) is 7.58. The number of phenolic OH excluding ortho intramolecular Hbond substituents is 2. The Bertz CT molecular complexity index is 1270. The molecule has 4 aromatic rings. The minimum atomic E-state index is 0.00730. The molecule has 0 aliphatic heterocycles. The summed E-state index contributed by atoms with van der Waals surface area (Å²) in [7, 11) is 0. The Morgan fingerprint density at radius 1 is 0.897 bits per heavy atom. The van der Waals surface area contributed by atoms with Crippen LogP contribution in [0.4, 0.5) is 0 Å². The normalized spacial score (nSPS) is 11.4. The Balaban J connectivity index is 2.02. The van der Waals surface area contributed by atoms with Crippen molar-refractivity contribution in [3.63, 3.8) is 0 Å². The maximum absolute atomic E-state index is 10.6. The number of aromatic hydroxyl groups is 2. The van der Waals surface area contributed by atoms with E-state index in [1.54, 1.807) is 0 Å². The Morgan fingerprint density at radius 2 is 1.62 bits per heavy atom. The number of aromatic nitrogens is 2. The zero-order valence-electron chi connectivity index (χ0n) is 16.7. The van der Waals surface area contributed by atoms with Crippen molar-refractivity contribution in [2.45, 2.75) is 33.1 Å². The van der Waals surface area contributed by atoms with Crippen LogP contribution in [-0.2, 0) is 6.42 Å². The molecule has 0 atom stereocenters. The fourth-order valence-electron chi connectivity index (χ4n) is 3.97. The first-order valence-corrected chi connectivity index (χ1v) is 10.2. The van der Waals surface area contributed by atoms with Crippen LogP contribution < -0.4 is 0 Å². The van der Waals surface area contributed by atoms with Crippen LogP contribution in [0, 0.1) is 4.64 Å². The predicted octanol–water partition coefficient (Wildman–Crippen LogP) is 6.66. The van der Waals surface area contributed by atoms with Crippen LogP contribution in [0.15, 0.2) is 48.5 Å². The summed E-state index contributed by atoms with van der Waals surface area (Å²) in [5.41, 5.74) is 5.23. The highest BCUT2D eigenvalue weighted by Gasteiger charge is 2.20. The summed E-state index contributed by atoms with van der Waals surface area (Å²) in [6.45, 7) is 6.16. The molecule has 0 fully saturated rings. The predicted molar refractivity (Wildman–Crippen MR) is 121 cm³/mol. The molecule has 0 aliphatic rings. The van der Waals surface area contributed by atoms with E-state index in [-0.39, 0.29) is 17.4 Å². The highest BCUT2D eigenvalue weighted by molar-refractivity contribution is 7.71. The lowest BCUT2D eigenvalue weighted by Crippen LogP contribution is -1.92. The number of fused-ring (bicyclic) bond motifs is 1. The summed E-state index contributed by atoms with van der Waals surface area (Å²) in [6, 6.07) is 15.8. The zero-order valence-corrected chi connectivity index (χ0v) is 17.5. The van der Waals surface area contributed by atoms with Crippen molar-refractivity contribution in [2.24, 2.45) is 0 Å². The third-order valence-electron chi connectivity index (χ3n) is 5.48. The van der Waals surface area contributed by atoms with Crippen molar-refractivity contribution in [2.75, 3.05) is 0 Å². The van der Waals surface area contributed by atoms with Crippen LogP contribution >= 0.6 is 12.2 Å². The van der Waals surface area contributed by atoms with Gasteiger partial charge in [-0.05, 0) is 45.9 Å². The second-order valence-corrected chi connectivity index (χ2v) is 7.99. The van der Waals surface area contributed by atoms with Crippen molar-refractivity contribution in [1.29, 1.82) is 0 Å². The Hall–Kier alpha value is -3.05. The van der Waals surface area contributed by atoms with E-state index < -0.39 is 0 Å². The standard InChI is InChI=1S/C24H24N2O2S/c1-4-14-7-5-9-16-15(14)8-6-10-17(16)22-23(25-26-24(22)29)19-11-18(13(2)3)20(27)12-21(19)28/h5-13,27-28H,4H2,1-3H3,(H2,25,26,29). The first kappa shape index (κ1) is 19.3. The summed E-state index contributed by atoms with van der Waals surface area (Å²) in [5, 5.41) is 29.3. The molecule has 4 rings (SSSR count). The molecule has 1 aromatic heterocycles. The first-order valence-electron chi connectivity index (χ1n) is 9.80. The molecular weight excluding hydrogens is 380 g/mol. The van der Waals surface area contributed by atoms with Gasteiger partial charge in [0.15, 0.2) is 0 Å². The maximum Gasteiger partial charge on any atom is 0.128 e. The van der Waals surface area contributed by atoms with Gasteiger partial charge in [-0.25, -0.2) is 0 Å². The van der Waals surface area contributed by atoms with Crippen LogP contribution in [0.5, 0.6) is 11.5 Å². The van der Waals surface area contributed by atoms with Crippen LogP contribution in [0.1, 0.15) is 37.8 Å². The molecule has 0 saturated heterocycles. The fourth-order valence-corrected chi connectivity index (χ4v) is 4.24. The minimum absolute atomic E-state index is 0.00730. The number of rotatable bonds is 4. The molecular formula is C24H24N2O2S. The molecule has 0 aliphatic carbocycles. The molecule has 0 unspecified atom stereocenters. The minimum Gasteiger partial charge on any atom is -0.508 e. The van der Waals surface area contributed by atoms with E-state index in [2.05, 4.69) is 47.5 Å². The van der Waals surface area contributed by atoms with Gasteiger partial charge in [0.05, 0.1) is 5.69 Å². The van der Waals surface area contributed by atoms with Crippen LogP contribution in [-0.4, -0.2) is 20.4 Å². The molecule has 0 amide bonds. The molecule has 0 spiro atoms. The molecule has 0 radical (unpaired) electrons. The van der Waals surface area contributed by atoms with Gasteiger partial charge in [0, 0.05) is 17.2 Å². The van der Waals surface area contributed by atoms with Crippen molar-refractivity contribution < 1.29 is 10.2 Å². The second kappa shape index (κ2) is 7.41. The number of phenols is 2. The molecule has 4 nitrogen and oxygen atoms in total. The molecule has 148 valence electrons. The van der Waals surface area contributed by atoms with E-state index >= 15 is 0 Å². The first-order chi connectivity index (χ1) is 13.9. The number of H-pyrrole nitrogens is 2. The van der Waals surface area contributed by atoms with Crippen molar-refractivity contribution in [1.82, 2.24) is 10.2 Å². The van der Waals surface area contributed by atoms with Gasteiger partial charge in [0.25, 0.3) is 0 Å². The lowest BCUT2D eigenvalue weighted by Gasteiger charge is -2.14. The summed E-state index contributed by atoms with van der Waals surface area (Å²) >= 11 is 5.61. The Kier molecular flexibility index (Phi) is 4.92. The van der Waals surface area contributed by atoms with E-state index in [1.807, 2.05) is 26.0 Å². The van der Waals surface area contributed by atoms with Gasteiger partial charge in [-0.2, -0.15) is 0 Å². The summed E-state index contributed by atoms with van der Waals surface area (Å²) in [6.07, 6.45) is 0.949. The van der Waals surface area contributed by atoms with E-state index in [9.17, 15) is 10.2 Å². The third kappa shape index (κ3) is 3.21. The molecule has 5 heteroatoms. The lowest BCUT2D eigenvalue weighted by molar-refractivity contribution is 0.445. The van der Waals surface area contributed by atoms with Gasteiger partial charge in [0.1, 0.15) is 16.1 Å². The monoisotopic (exact) mass is 404 g/mol. The number of hydrogen-bond acceptors (Lipinski definition) is 3.